The van der Waals surface area contributed by atoms with E-state index in [0.29, 0.717) is 18.1 Å². The zero-order valence-corrected chi connectivity index (χ0v) is 10.5. The van der Waals surface area contributed by atoms with Gasteiger partial charge in [0.05, 0.1) is 18.4 Å². The van der Waals surface area contributed by atoms with Crippen LogP contribution in [0, 0.1) is 0 Å². The molecule has 0 saturated carbocycles. The molecule has 0 radical (unpaired) electrons. The van der Waals surface area contributed by atoms with Crippen molar-refractivity contribution >= 4 is 28.3 Å². The second-order valence-corrected chi connectivity index (χ2v) is 4.87. The van der Waals surface area contributed by atoms with Crippen LogP contribution < -0.4 is 11.1 Å². The summed E-state index contributed by atoms with van der Waals surface area (Å²) in [6, 6.07) is 1.49. The lowest BCUT2D eigenvalue weighted by Gasteiger charge is -2.10. The first-order valence-electron chi connectivity index (χ1n) is 4.93. The average molecular weight is 257 g/mol. The molecule has 0 bridgehead atoms. The van der Waals surface area contributed by atoms with E-state index in [0.717, 1.165) is 0 Å². The molecule has 7 heteroatoms. The lowest BCUT2D eigenvalue weighted by atomic mass is 10.2. The van der Waals surface area contributed by atoms with Gasteiger partial charge in [-0.25, -0.2) is 9.78 Å². The SMILES string of the molecule is COC(=O)c1ccnc(NCCS(C)=O)c1N. The van der Waals surface area contributed by atoms with Gasteiger partial charge >= 0.3 is 5.97 Å². The monoisotopic (exact) mass is 257 g/mol. The van der Waals surface area contributed by atoms with Gasteiger partial charge in [-0.3, -0.25) is 4.21 Å². The Labute approximate surface area is 102 Å². The Morgan fingerprint density at radius 3 is 2.94 bits per heavy atom. The molecule has 1 heterocycles. The fourth-order valence-corrected chi connectivity index (χ4v) is 1.60. The largest absolute Gasteiger partial charge is 0.465 e. The van der Waals surface area contributed by atoms with Gasteiger partial charge in [0, 0.05) is 35.5 Å². The second kappa shape index (κ2) is 6.19. The maximum atomic E-state index is 11.4. The summed E-state index contributed by atoms with van der Waals surface area (Å²) in [6.45, 7) is 0.477. The molecular weight excluding hydrogens is 242 g/mol. The molecule has 94 valence electrons. The smallest absolute Gasteiger partial charge is 0.340 e. The molecule has 0 amide bonds. The fourth-order valence-electron chi connectivity index (χ4n) is 1.22. The van der Waals surface area contributed by atoms with E-state index in [1.807, 2.05) is 0 Å². The predicted molar refractivity (Wildman–Crippen MR) is 67.4 cm³/mol. The van der Waals surface area contributed by atoms with E-state index in [9.17, 15) is 9.00 Å². The number of nitrogens with zero attached hydrogens (tertiary/aromatic N) is 1. The van der Waals surface area contributed by atoms with Crippen molar-refractivity contribution in [2.45, 2.75) is 0 Å². The number of hydrogen-bond acceptors (Lipinski definition) is 6. The van der Waals surface area contributed by atoms with Gasteiger partial charge in [-0.05, 0) is 6.07 Å². The maximum absolute atomic E-state index is 11.4. The first kappa shape index (κ1) is 13.4. The highest BCUT2D eigenvalue weighted by atomic mass is 32.2. The van der Waals surface area contributed by atoms with Crippen LogP contribution in [-0.2, 0) is 15.5 Å². The van der Waals surface area contributed by atoms with Crippen molar-refractivity contribution in [3.63, 3.8) is 0 Å². The zero-order valence-electron chi connectivity index (χ0n) is 9.73. The van der Waals surface area contributed by atoms with Gasteiger partial charge in [0.15, 0.2) is 0 Å². The molecule has 6 nitrogen and oxygen atoms in total. The third-order valence-electron chi connectivity index (χ3n) is 2.08. The van der Waals surface area contributed by atoms with Gasteiger partial charge in [-0.15, -0.1) is 0 Å². The van der Waals surface area contributed by atoms with Crippen LogP contribution in [0.25, 0.3) is 0 Å². The molecule has 1 unspecified atom stereocenters. The molecule has 1 rings (SSSR count). The molecule has 3 N–H and O–H groups in total. The van der Waals surface area contributed by atoms with Crippen molar-refractivity contribution in [2.75, 3.05) is 36.7 Å². The number of aromatic nitrogens is 1. The molecule has 1 atom stereocenters. The van der Waals surface area contributed by atoms with Gasteiger partial charge < -0.3 is 15.8 Å². The first-order valence-corrected chi connectivity index (χ1v) is 6.65. The normalized spacial score (nSPS) is 11.9. The summed E-state index contributed by atoms with van der Waals surface area (Å²) in [5.74, 6) is 0.384. The highest BCUT2D eigenvalue weighted by Crippen LogP contribution is 2.20. The topological polar surface area (TPSA) is 94.3 Å². The Morgan fingerprint density at radius 2 is 2.35 bits per heavy atom. The quantitative estimate of drug-likeness (QED) is 0.734. The number of nitrogens with one attached hydrogen (secondary N) is 1. The van der Waals surface area contributed by atoms with E-state index in [1.165, 1.54) is 19.4 Å². The summed E-state index contributed by atoms with van der Waals surface area (Å²) in [5, 5.41) is 2.93. The van der Waals surface area contributed by atoms with Crippen LogP contribution in [0.2, 0.25) is 0 Å². The Kier molecular flexibility index (Phi) is 4.89. The van der Waals surface area contributed by atoms with E-state index in [-0.39, 0.29) is 11.3 Å². The number of esters is 1. The highest BCUT2D eigenvalue weighted by molar-refractivity contribution is 7.84. The molecule has 0 aliphatic heterocycles. The third-order valence-corrected chi connectivity index (χ3v) is 2.86. The number of methoxy groups -OCH3 is 1. The molecule has 0 aliphatic carbocycles. The summed E-state index contributed by atoms with van der Waals surface area (Å²) in [5.41, 5.74) is 6.28. The first-order chi connectivity index (χ1) is 8.06. The average Bonchev–Trinajstić information content (AvgIpc) is 2.30. The standard InChI is InChI=1S/C10H15N3O3S/c1-16-10(14)7-3-4-12-9(8(7)11)13-5-6-17(2)15/h3-4H,5-6,11H2,1-2H3,(H,12,13). The number of ether oxygens (including phenoxy) is 1. The number of nitrogen functional groups attached to an aromatic ring is 1. The van der Waals surface area contributed by atoms with E-state index in [1.54, 1.807) is 6.26 Å². The fraction of sp³-hybridized carbons (Fsp3) is 0.400. The van der Waals surface area contributed by atoms with Gasteiger partial charge in [-0.1, -0.05) is 0 Å². The van der Waals surface area contributed by atoms with Crippen molar-refractivity contribution in [2.24, 2.45) is 0 Å². The highest BCUT2D eigenvalue weighted by Gasteiger charge is 2.13. The van der Waals surface area contributed by atoms with Crippen molar-refractivity contribution in [3.8, 4) is 0 Å². The van der Waals surface area contributed by atoms with Crippen LogP contribution in [0.1, 0.15) is 10.4 Å². The summed E-state index contributed by atoms with van der Waals surface area (Å²) >= 11 is 0. The van der Waals surface area contributed by atoms with E-state index in [2.05, 4.69) is 15.0 Å². The molecule has 1 aromatic rings. The Morgan fingerprint density at radius 1 is 1.65 bits per heavy atom. The van der Waals surface area contributed by atoms with Crippen LogP contribution in [0.5, 0.6) is 0 Å². The molecule has 0 fully saturated rings. The van der Waals surface area contributed by atoms with Crippen molar-refractivity contribution < 1.29 is 13.7 Å². The van der Waals surface area contributed by atoms with Gasteiger partial charge in [0.25, 0.3) is 0 Å². The molecule has 17 heavy (non-hydrogen) atoms. The van der Waals surface area contributed by atoms with E-state index < -0.39 is 16.8 Å². The molecular formula is C10H15N3O3S. The Bertz CT molecular complexity index is 437. The lowest BCUT2D eigenvalue weighted by molar-refractivity contribution is 0.0602. The van der Waals surface area contributed by atoms with E-state index >= 15 is 0 Å². The number of pyridine rings is 1. The predicted octanol–water partition coefficient (Wildman–Crippen LogP) is 0.241. The number of carbonyl (C=O) groups excluding carboxylic acids is 1. The number of nitrogens with two attached hydrogens (primary N) is 1. The van der Waals surface area contributed by atoms with Crippen molar-refractivity contribution in [1.29, 1.82) is 0 Å². The van der Waals surface area contributed by atoms with E-state index in [4.69, 9.17) is 5.73 Å². The lowest BCUT2D eigenvalue weighted by Crippen LogP contribution is -2.14. The number of hydrogen-bond donors (Lipinski definition) is 2. The summed E-state index contributed by atoms with van der Waals surface area (Å²) in [7, 11) is 0.403. The Hall–Kier alpha value is -1.63. The molecule has 0 spiro atoms. The van der Waals surface area contributed by atoms with Crippen LogP contribution in [-0.4, -0.2) is 40.8 Å². The van der Waals surface area contributed by atoms with Crippen LogP contribution in [0.15, 0.2) is 12.3 Å². The third kappa shape index (κ3) is 3.70. The van der Waals surface area contributed by atoms with Crippen molar-refractivity contribution in [1.82, 2.24) is 4.98 Å². The van der Waals surface area contributed by atoms with Gasteiger partial charge in [-0.2, -0.15) is 0 Å². The Balaban J connectivity index is 2.80. The number of carbonyl (C=O) groups is 1. The minimum Gasteiger partial charge on any atom is -0.465 e. The second-order valence-electron chi connectivity index (χ2n) is 3.32. The van der Waals surface area contributed by atoms with Crippen LogP contribution >= 0.6 is 0 Å². The van der Waals surface area contributed by atoms with Gasteiger partial charge in [0.2, 0.25) is 0 Å². The van der Waals surface area contributed by atoms with Crippen molar-refractivity contribution in [3.05, 3.63) is 17.8 Å². The molecule has 1 aromatic heterocycles. The maximum Gasteiger partial charge on any atom is 0.340 e. The molecule has 0 aromatic carbocycles. The summed E-state index contributed by atoms with van der Waals surface area (Å²) in [6.07, 6.45) is 3.08. The summed E-state index contributed by atoms with van der Waals surface area (Å²) in [4.78, 5) is 15.4. The summed E-state index contributed by atoms with van der Waals surface area (Å²) < 4.78 is 15.5. The van der Waals surface area contributed by atoms with Crippen LogP contribution in [0.3, 0.4) is 0 Å². The molecule has 0 aliphatic rings. The van der Waals surface area contributed by atoms with Crippen LogP contribution in [0.4, 0.5) is 11.5 Å². The minimum atomic E-state index is -0.884. The minimum absolute atomic E-state index is 0.237. The molecule has 0 saturated heterocycles. The number of rotatable bonds is 5. The van der Waals surface area contributed by atoms with Gasteiger partial charge in [0.1, 0.15) is 5.82 Å². The number of anilines is 2. The zero-order chi connectivity index (χ0) is 12.8.